The Labute approximate surface area is 207 Å². The molecule has 0 amide bonds. The summed E-state index contributed by atoms with van der Waals surface area (Å²) >= 11 is 0. The second-order valence-electron chi connectivity index (χ2n) is 5.86. The molecule has 3 rings (SSSR count). The fourth-order valence-electron chi connectivity index (χ4n) is 2.91. The van der Waals surface area contributed by atoms with Crippen LogP contribution in [0.25, 0.3) is 0 Å². The van der Waals surface area contributed by atoms with Crippen LogP contribution in [0.5, 0.6) is 0 Å². The van der Waals surface area contributed by atoms with Gasteiger partial charge in [-0.05, 0) is 36.4 Å². The minimum absolute atomic E-state index is 0. The van der Waals surface area contributed by atoms with E-state index in [1.54, 1.807) is 5.30 Å². The smallest absolute Gasteiger partial charge is 0 e. The summed E-state index contributed by atoms with van der Waals surface area (Å²) in [5.41, 5.74) is 0. The maximum absolute atomic E-state index is 7.50. The molecule has 3 aromatic carbocycles. The van der Waals surface area contributed by atoms with Crippen LogP contribution in [0.15, 0.2) is 91.0 Å². The zero-order valence-corrected chi connectivity index (χ0v) is 21.6. The van der Waals surface area contributed by atoms with Gasteiger partial charge in [-0.3, -0.25) is 0 Å². The van der Waals surface area contributed by atoms with Crippen LogP contribution in [0.2, 0.25) is 0 Å². The summed E-state index contributed by atoms with van der Waals surface area (Å²) in [7, 11) is -1.13. The largest absolute Gasteiger partial charge is 0 e. The van der Waals surface area contributed by atoms with E-state index in [1.165, 1.54) is 22.9 Å². The Balaban J connectivity index is -0.000000844. The third-order valence-corrected chi connectivity index (χ3v) is 9.89. The van der Waals surface area contributed by atoms with Crippen LogP contribution >= 0.6 is 15.8 Å². The molecule has 0 aliphatic rings. The summed E-state index contributed by atoms with van der Waals surface area (Å²) in [4.78, 5) is 0. The minimum Gasteiger partial charge on any atom is 0 e. The van der Waals surface area contributed by atoms with E-state index in [0.29, 0.717) is 0 Å². The molecule has 0 aromatic heterocycles. The van der Waals surface area contributed by atoms with E-state index in [-0.39, 0.29) is 21.1 Å². The predicted octanol–water partition coefficient (Wildman–Crippen LogP) is 3.87. The molecule has 1 unspecified atom stereocenters. The number of benzene rings is 3. The molecule has 0 fully saturated rings. The first kappa shape index (κ1) is 34.8. The van der Waals surface area contributed by atoms with Crippen molar-refractivity contribution in [3.63, 3.8) is 0 Å². The van der Waals surface area contributed by atoms with Gasteiger partial charge >= 0.3 is 45.2 Å². The van der Waals surface area contributed by atoms with Gasteiger partial charge in [-0.15, -0.1) is 0 Å². The Morgan fingerprint density at radius 2 is 0.781 bits per heavy atom. The van der Waals surface area contributed by atoms with Gasteiger partial charge in [0.25, 0.3) is 0 Å². The van der Waals surface area contributed by atoms with Gasteiger partial charge in [0, 0.05) is 29.0 Å². The van der Waals surface area contributed by atoms with Gasteiger partial charge in [0.2, 0.25) is 0 Å². The van der Waals surface area contributed by atoms with E-state index in [2.05, 4.69) is 124 Å². The zero-order chi connectivity index (χ0) is 23.9. The van der Waals surface area contributed by atoms with Crippen LogP contribution in [-0.2, 0) is 39.7 Å². The summed E-state index contributed by atoms with van der Waals surface area (Å²) in [5.74, 6) is 0. The molecule has 32 heavy (non-hydrogen) atoms. The molecule has 7 heteroatoms. The normalized spacial score (nSPS) is 9.06. The summed E-state index contributed by atoms with van der Waals surface area (Å²) < 4.78 is 30.0. The van der Waals surface area contributed by atoms with E-state index >= 15 is 0 Å². The van der Waals surface area contributed by atoms with Gasteiger partial charge in [-0.1, -0.05) is 54.6 Å². The molecular formula is C25H24MoO4P2+2. The molecule has 1 atom stereocenters. The van der Waals surface area contributed by atoms with Crippen LogP contribution < -0.4 is 15.9 Å². The molecule has 0 saturated heterocycles. The van der Waals surface area contributed by atoms with Crippen LogP contribution in [0.4, 0.5) is 0 Å². The van der Waals surface area contributed by atoms with Crippen molar-refractivity contribution in [2.75, 3.05) is 19.0 Å². The summed E-state index contributed by atoms with van der Waals surface area (Å²) in [6.45, 7) is 20.5. The first-order valence-corrected chi connectivity index (χ1v) is 12.9. The fraction of sp³-hybridized carbons (Fsp3) is 0.120. The van der Waals surface area contributed by atoms with Crippen LogP contribution in [0.3, 0.4) is 0 Å². The van der Waals surface area contributed by atoms with Gasteiger partial charge in [-0.2, -0.15) is 0 Å². The molecule has 0 saturated carbocycles. The Morgan fingerprint density at radius 1 is 0.500 bits per heavy atom. The number of hydrogen-bond acceptors (Lipinski definition) is 0. The van der Waals surface area contributed by atoms with Gasteiger partial charge < -0.3 is 0 Å². The first-order valence-electron chi connectivity index (χ1n) is 9.01. The van der Waals surface area contributed by atoms with E-state index in [9.17, 15) is 0 Å². The Bertz CT molecular complexity index is 819. The molecule has 4 nitrogen and oxygen atoms in total. The molecule has 0 heterocycles. The third kappa shape index (κ3) is 13.6. The Hall–Kier alpha value is -1.83. The first-order chi connectivity index (χ1) is 15.3. The van der Waals surface area contributed by atoms with Crippen molar-refractivity contribution >= 4 is 31.8 Å². The van der Waals surface area contributed by atoms with E-state index in [0.717, 1.165) is 0 Å². The third-order valence-electron chi connectivity index (χ3n) is 4.26. The Morgan fingerprint density at radius 3 is 1.09 bits per heavy atom. The topological polar surface area (TPSA) is 79.6 Å². The second-order valence-corrected chi connectivity index (χ2v) is 11.1. The average molecular weight is 546 g/mol. The summed E-state index contributed by atoms with van der Waals surface area (Å²) in [6.07, 6.45) is 2.66. The van der Waals surface area contributed by atoms with Crippen LogP contribution in [-0.4, -0.2) is 19.0 Å². The van der Waals surface area contributed by atoms with Crippen molar-refractivity contribution in [1.82, 2.24) is 0 Å². The molecule has 0 aliphatic carbocycles. The Kier molecular flexibility index (Phi) is 27.6. The van der Waals surface area contributed by atoms with Crippen molar-refractivity contribution in [2.45, 2.75) is 0 Å². The molecular weight excluding hydrogens is 522 g/mol. The van der Waals surface area contributed by atoms with E-state index < -0.39 is 15.8 Å². The molecule has 162 valence electrons. The van der Waals surface area contributed by atoms with Crippen LogP contribution in [0.1, 0.15) is 0 Å². The zero-order valence-electron chi connectivity index (χ0n) is 17.6. The molecule has 0 spiro atoms. The average Bonchev–Trinajstić information content (AvgIpc) is 2.90. The van der Waals surface area contributed by atoms with Crippen LogP contribution in [0, 0.1) is 26.6 Å². The van der Waals surface area contributed by atoms with Crippen molar-refractivity contribution in [3.05, 3.63) is 118 Å². The summed E-state index contributed by atoms with van der Waals surface area (Å²) in [5, 5.41) is 4.62. The molecule has 0 bridgehead atoms. The standard InChI is InChI=1S/C21H22P2.4CO.Mo/c1-22(19-11-5-2-6-12-19)17-18-23(20-13-7-3-8-14-20)21-15-9-4-10-16-21;4*1-2;/h2-16H,17-18H2,1H3;;;;;/p+2. The molecule has 0 N–H and O–H groups in total. The van der Waals surface area contributed by atoms with Crippen molar-refractivity contribution in [2.24, 2.45) is 0 Å². The SMILES string of the molecule is C[PH+](CC[PH+](c1ccccc1)c1ccccc1)c1ccccc1.[C-]#[O+].[C-]#[O+].[C-]#[O+].[C-]#[O+].[Mo]. The molecule has 0 aliphatic heterocycles. The predicted molar refractivity (Wildman–Crippen MR) is 126 cm³/mol. The van der Waals surface area contributed by atoms with Crippen molar-refractivity contribution in [1.29, 1.82) is 0 Å². The van der Waals surface area contributed by atoms with Gasteiger partial charge in [0.15, 0.2) is 0 Å². The maximum atomic E-state index is 7.50. The van der Waals surface area contributed by atoms with Gasteiger partial charge in [0.1, 0.15) is 6.16 Å². The van der Waals surface area contributed by atoms with Crippen molar-refractivity contribution in [3.8, 4) is 0 Å². The van der Waals surface area contributed by atoms with E-state index in [1.807, 2.05) is 0 Å². The van der Waals surface area contributed by atoms with Crippen molar-refractivity contribution < 1.29 is 39.7 Å². The molecule has 3 aromatic rings. The van der Waals surface area contributed by atoms with E-state index in [4.69, 9.17) is 18.6 Å². The number of rotatable bonds is 6. The second kappa shape index (κ2) is 25.4. The summed E-state index contributed by atoms with van der Waals surface area (Å²) in [6, 6.07) is 33.2. The fourth-order valence-corrected chi connectivity index (χ4v) is 8.56. The van der Waals surface area contributed by atoms with Gasteiger partial charge in [0.05, 0.1) is 36.7 Å². The monoisotopic (exact) mass is 548 g/mol. The quantitative estimate of drug-likeness (QED) is 0.195. The number of hydrogen-bond donors (Lipinski definition) is 0. The van der Waals surface area contributed by atoms with Gasteiger partial charge in [-0.25, -0.2) is 0 Å². The maximum Gasteiger partial charge on any atom is 0 e. The molecule has 0 radical (unpaired) electrons. The minimum atomic E-state index is -0.676.